The molecular weight excluding hydrogens is 282 g/mol. The molecule has 1 saturated heterocycles. The minimum absolute atomic E-state index is 0.269. The van der Waals surface area contributed by atoms with E-state index in [0.29, 0.717) is 12.0 Å². The first-order chi connectivity index (χ1) is 9.99. The van der Waals surface area contributed by atoms with Gasteiger partial charge in [0.15, 0.2) is 0 Å². The SMILES string of the molecule is CC(C)C1CNC(C)(C2CC2)CN1Cc1ccncc1Cl. The molecule has 1 aromatic rings. The van der Waals surface area contributed by atoms with Crippen molar-refractivity contribution < 1.29 is 0 Å². The molecule has 21 heavy (non-hydrogen) atoms. The van der Waals surface area contributed by atoms with Gasteiger partial charge in [0.1, 0.15) is 0 Å². The lowest BCUT2D eigenvalue weighted by atomic mass is 9.88. The number of hydrogen-bond acceptors (Lipinski definition) is 3. The summed E-state index contributed by atoms with van der Waals surface area (Å²) in [4.78, 5) is 6.72. The van der Waals surface area contributed by atoms with Gasteiger partial charge in [0, 0.05) is 43.6 Å². The van der Waals surface area contributed by atoms with Crippen LogP contribution in [0.2, 0.25) is 5.02 Å². The van der Waals surface area contributed by atoms with Crippen molar-refractivity contribution in [2.45, 2.75) is 51.7 Å². The maximum Gasteiger partial charge on any atom is 0.0634 e. The van der Waals surface area contributed by atoms with Gasteiger partial charge in [-0.1, -0.05) is 25.4 Å². The molecule has 2 aliphatic rings. The molecule has 2 fully saturated rings. The third-order valence-corrected chi connectivity index (χ3v) is 5.53. The van der Waals surface area contributed by atoms with Gasteiger partial charge in [0.05, 0.1) is 5.02 Å². The second-order valence-electron chi connectivity index (χ2n) is 7.26. The molecule has 1 N–H and O–H groups in total. The highest BCUT2D eigenvalue weighted by Gasteiger charge is 2.46. The predicted octanol–water partition coefficient (Wildman–Crippen LogP) is 3.33. The van der Waals surface area contributed by atoms with Crippen LogP contribution in [-0.2, 0) is 6.54 Å². The summed E-state index contributed by atoms with van der Waals surface area (Å²) >= 11 is 6.31. The molecule has 4 heteroatoms. The summed E-state index contributed by atoms with van der Waals surface area (Å²) in [6.07, 6.45) is 6.34. The normalized spacial score (nSPS) is 30.8. The highest BCUT2D eigenvalue weighted by atomic mass is 35.5. The third-order valence-electron chi connectivity index (χ3n) is 5.19. The molecule has 1 saturated carbocycles. The Morgan fingerprint density at radius 2 is 2.24 bits per heavy atom. The number of halogens is 1. The van der Waals surface area contributed by atoms with Crippen molar-refractivity contribution in [1.82, 2.24) is 15.2 Å². The van der Waals surface area contributed by atoms with E-state index in [1.807, 2.05) is 6.20 Å². The molecule has 2 atom stereocenters. The second kappa shape index (κ2) is 5.86. The molecule has 1 aliphatic heterocycles. The van der Waals surface area contributed by atoms with Gasteiger partial charge in [0.2, 0.25) is 0 Å². The minimum Gasteiger partial charge on any atom is -0.308 e. The van der Waals surface area contributed by atoms with Crippen molar-refractivity contribution in [3.63, 3.8) is 0 Å². The molecule has 2 heterocycles. The highest BCUT2D eigenvalue weighted by Crippen LogP contribution is 2.42. The summed E-state index contributed by atoms with van der Waals surface area (Å²) in [5, 5.41) is 4.62. The van der Waals surface area contributed by atoms with Crippen LogP contribution in [0.3, 0.4) is 0 Å². The van der Waals surface area contributed by atoms with E-state index in [1.165, 1.54) is 18.4 Å². The van der Waals surface area contributed by atoms with Gasteiger partial charge in [-0.3, -0.25) is 9.88 Å². The Bertz CT molecular complexity index is 501. The Hall–Kier alpha value is -0.640. The van der Waals surface area contributed by atoms with E-state index in [-0.39, 0.29) is 5.54 Å². The van der Waals surface area contributed by atoms with Gasteiger partial charge >= 0.3 is 0 Å². The van der Waals surface area contributed by atoms with Crippen LogP contribution in [0.25, 0.3) is 0 Å². The van der Waals surface area contributed by atoms with E-state index in [2.05, 4.69) is 42.0 Å². The molecule has 0 bridgehead atoms. The lowest BCUT2D eigenvalue weighted by molar-refractivity contribution is 0.0462. The minimum atomic E-state index is 0.269. The van der Waals surface area contributed by atoms with Gasteiger partial charge in [-0.05, 0) is 43.2 Å². The van der Waals surface area contributed by atoms with Crippen LogP contribution in [0.5, 0.6) is 0 Å². The van der Waals surface area contributed by atoms with Crippen molar-refractivity contribution in [2.24, 2.45) is 11.8 Å². The van der Waals surface area contributed by atoms with E-state index in [1.54, 1.807) is 6.20 Å². The summed E-state index contributed by atoms with van der Waals surface area (Å²) < 4.78 is 0. The lowest BCUT2D eigenvalue weighted by Gasteiger charge is -2.48. The number of nitrogens with zero attached hydrogens (tertiary/aromatic N) is 2. The first kappa shape index (κ1) is 15.3. The quantitative estimate of drug-likeness (QED) is 0.925. The number of hydrogen-bond donors (Lipinski definition) is 1. The van der Waals surface area contributed by atoms with Crippen LogP contribution in [0, 0.1) is 11.8 Å². The Labute approximate surface area is 133 Å². The van der Waals surface area contributed by atoms with Crippen LogP contribution in [0.4, 0.5) is 0 Å². The van der Waals surface area contributed by atoms with E-state index in [0.717, 1.165) is 30.6 Å². The van der Waals surface area contributed by atoms with Crippen LogP contribution >= 0.6 is 11.6 Å². The highest BCUT2D eigenvalue weighted by molar-refractivity contribution is 6.31. The van der Waals surface area contributed by atoms with Gasteiger partial charge in [-0.25, -0.2) is 0 Å². The van der Waals surface area contributed by atoms with E-state index < -0.39 is 0 Å². The van der Waals surface area contributed by atoms with E-state index in [4.69, 9.17) is 11.6 Å². The monoisotopic (exact) mass is 307 g/mol. The molecule has 3 rings (SSSR count). The average molecular weight is 308 g/mol. The van der Waals surface area contributed by atoms with Gasteiger partial charge in [-0.15, -0.1) is 0 Å². The topological polar surface area (TPSA) is 28.2 Å². The molecular formula is C17H26ClN3. The molecule has 0 aromatic carbocycles. The van der Waals surface area contributed by atoms with Crippen LogP contribution in [0.1, 0.15) is 39.2 Å². The Kier molecular flexibility index (Phi) is 4.26. The van der Waals surface area contributed by atoms with Gasteiger partial charge in [0.25, 0.3) is 0 Å². The van der Waals surface area contributed by atoms with E-state index >= 15 is 0 Å². The molecule has 116 valence electrons. The Morgan fingerprint density at radius 3 is 2.86 bits per heavy atom. The number of nitrogens with one attached hydrogen (secondary N) is 1. The van der Waals surface area contributed by atoms with Crippen molar-refractivity contribution in [3.8, 4) is 0 Å². The van der Waals surface area contributed by atoms with Crippen LogP contribution in [-0.4, -0.2) is 34.6 Å². The van der Waals surface area contributed by atoms with Gasteiger partial charge in [-0.2, -0.15) is 0 Å². The standard InChI is InChI=1S/C17H26ClN3/c1-12(2)16-9-20-17(3,14-4-5-14)11-21(16)10-13-6-7-19-8-15(13)18/h6-8,12,14,16,20H,4-5,9-11H2,1-3H3. The largest absolute Gasteiger partial charge is 0.308 e. The van der Waals surface area contributed by atoms with Gasteiger partial charge < -0.3 is 5.32 Å². The molecule has 3 nitrogen and oxygen atoms in total. The second-order valence-corrected chi connectivity index (χ2v) is 7.66. The van der Waals surface area contributed by atoms with Crippen molar-refractivity contribution in [1.29, 1.82) is 0 Å². The third kappa shape index (κ3) is 3.25. The van der Waals surface area contributed by atoms with Crippen LogP contribution in [0.15, 0.2) is 18.5 Å². The molecule has 2 unspecified atom stereocenters. The smallest absolute Gasteiger partial charge is 0.0634 e. The summed E-state index contributed by atoms with van der Waals surface area (Å²) in [5.74, 6) is 1.49. The summed E-state index contributed by atoms with van der Waals surface area (Å²) in [6, 6.07) is 2.62. The Morgan fingerprint density at radius 1 is 1.48 bits per heavy atom. The number of pyridine rings is 1. The summed E-state index contributed by atoms with van der Waals surface area (Å²) in [5.41, 5.74) is 1.46. The first-order valence-electron chi connectivity index (χ1n) is 8.07. The van der Waals surface area contributed by atoms with E-state index in [9.17, 15) is 0 Å². The fourth-order valence-corrected chi connectivity index (χ4v) is 3.82. The fraction of sp³-hybridized carbons (Fsp3) is 0.706. The maximum atomic E-state index is 6.31. The number of piperazine rings is 1. The summed E-state index contributed by atoms with van der Waals surface area (Å²) in [6.45, 7) is 10.1. The maximum absolute atomic E-state index is 6.31. The molecule has 0 spiro atoms. The number of aromatic nitrogens is 1. The lowest BCUT2D eigenvalue weighted by Crippen LogP contribution is -2.64. The zero-order valence-electron chi connectivity index (χ0n) is 13.3. The molecule has 1 aromatic heterocycles. The Balaban J connectivity index is 1.79. The zero-order valence-corrected chi connectivity index (χ0v) is 14.0. The fourth-order valence-electron chi connectivity index (χ4n) is 3.64. The first-order valence-corrected chi connectivity index (χ1v) is 8.45. The van der Waals surface area contributed by atoms with Crippen molar-refractivity contribution in [3.05, 3.63) is 29.0 Å². The summed E-state index contributed by atoms with van der Waals surface area (Å²) in [7, 11) is 0. The molecule has 1 aliphatic carbocycles. The zero-order chi connectivity index (χ0) is 15.0. The average Bonchev–Trinajstić information content (AvgIpc) is 3.26. The van der Waals surface area contributed by atoms with Crippen molar-refractivity contribution >= 4 is 11.6 Å². The van der Waals surface area contributed by atoms with Crippen LogP contribution < -0.4 is 5.32 Å². The molecule has 0 amide bonds. The molecule has 0 radical (unpaired) electrons. The predicted molar refractivity (Wildman–Crippen MR) is 87.4 cm³/mol. The number of rotatable bonds is 4. The van der Waals surface area contributed by atoms with Crippen molar-refractivity contribution in [2.75, 3.05) is 13.1 Å².